The van der Waals surface area contributed by atoms with Gasteiger partial charge in [0.25, 0.3) is 0 Å². The molecule has 3 nitrogen and oxygen atoms in total. The Labute approximate surface area is 108 Å². The number of carbonyl (C=O) groups excluding carboxylic acids is 1. The molecule has 1 aromatic carbocycles. The molecule has 0 aliphatic heterocycles. The average molecular weight is 252 g/mol. The van der Waals surface area contributed by atoms with Crippen LogP contribution in [0.15, 0.2) is 24.3 Å². The summed E-state index contributed by atoms with van der Waals surface area (Å²) in [5.74, 6) is -0.339. The van der Waals surface area contributed by atoms with Crippen molar-refractivity contribution in [2.45, 2.75) is 39.3 Å². The molecule has 100 valence electrons. The van der Waals surface area contributed by atoms with Gasteiger partial charge in [0.05, 0.1) is 12.6 Å². The number of carbonyl (C=O) groups is 1. The van der Waals surface area contributed by atoms with E-state index in [-0.39, 0.29) is 29.8 Å². The number of nitrogens with one attached hydrogen (secondary N) is 2. The van der Waals surface area contributed by atoms with E-state index in [2.05, 4.69) is 10.6 Å². The number of rotatable bonds is 4. The maximum absolute atomic E-state index is 12.8. The zero-order chi connectivity index (χ0) is 13.8. The number of amides is 1. The van der Waals surface area contributed by atoms with Gasteiger partial charge in [0, 0.05) is 5.54 Å². The van der Waals surface area contributed by atoms with Crippen molar-refractivity contribution in [3.05, 3.63) is 35.6 Å². The lowest BCUT2D eigenvalue weighted by atomic mass is 10.1. The van der Waals surface area contributed by atoms with E-state index in [1.165, 1.54) is 12.1 Å². The van der Waals surface area contributed by atoms with Crippen molar-refractivity contribution in [3.63, 3.8) is 0 Å². The molecular weight excluding hydrogens is 231 g/mol. The minimum absolute atomic E-state index is 0.0678. The summed E-state index contributed by atoms with van der Waals surface area (Å²) in [6.45, 7) is 8.16. The molecule has 0 radical (unpaired) electrons. The van der Waals surface area contributed by atoms with Crippen LogP contribution in [0.1, 0.15) is 39.3 Å². The lowest BCUT2D eigenvalue weighted by Crippen LogP contribution is -2.43. The second kappa shape index (κ2) is 5.96. The molecular formula is C14H21FN2O. The highest BCUT2D eigenvalue weighted by atomic mass is 19.1. The second-order valence-corrected chi connectivity index (χ2v) is 5.44. The van der Waals surface area contributed by atoms with Crippen molar-refractivity contribution in [3.8, 4) is 0 Å². The van der Waals surface area contributed by atoms with Crippen molar-refractivity contribution in [2.75, 3.05) is 6.54 Å². The Morgan fingerprint density at radius 3 is 2.33 bits per heavy atom. The average Bonchev–Trinajstić information content (AvgIpc) is 2.26. The van der Waals surface area contributed by atoms with Crippen molar-refractivity contribution in [2.24, 2.45) is 0 Å². The minimum Gasteiger partial charge on any atom is -0.348 e. The quantitative estimate of drug-likeness (QED) is 0.864. The van der Waals surface area contributed by atoms with E-state index in [1.807, 2.05) is 27.7 Å². The van der Waals surface area contributed by atoms with Crippen LogP contribution in [0.3, 0.4) is 0 Å². The van der Waals surface area contributed by atoms with Crippen LogP contribution in [0, 0.1) is 5.82 Å². The topological polar surface area (TPSA) is 41.1 Å². The van der Waals surface area contributed by atoms with Gasteiger partial charge in [-0.05, 0) is 45.4 Å². The van der Waals surface area contributed by atoms with Gasteiger partial charge < -0.3 is 10.6 Å². The zero-order valence-corrected chi connectivity index (χ0v) is 11.4. The van der Waals surface area contributed by atoms with Crippen molar-refractivity contribution in [1.29, 1.82) is 0 Å². The first-order valence-electron chi connectivity index (χ1n) is 6.08. The SMILES string of the molecule is CC(NC(=O)CNC(C)(C)C)c1ccc(F)cc1. The van der Waals surface area contributed by atoms with E-state index in [9.17, 15) is 9.18 Å². The zero-order valence-electron chi connectivity index (χ0n) is 11.4. The largest absolute Gasteiger partial charge is 0.348 e. The van der Waals surface area contributed by atoms with E-state index >= 15 is 0 Å². The first kappa shape index (κ1) is 14.6. The van der Waals surface area contributed by atoms with E-state index < -0.39 is 0 Å². The molecule has 0 aromatic heterocycles. The number of halogens is 1. The fourth-order valence-corrected chi connectivity index (χ4v) is 1.47. The molecule has 4 heteroatoms. The van der Waals surface area contributed by atoms with Crippen LogP contribution in [-0.4, -0.2) is 18.0 Å². The molecule has 1 amide bonds. The van der Waals surface area contributed by atoms with Crippen molar-refractivity contribution in [1.82, 2.24) is 10.6 Å². The third-order valence-electron chi connectivity index (χ3n) is 2.53. The standard InChI is InChI=1S/C14H21FN2O/c1-10(11-5-7-12(15)8-6-11)17-13(18)9-16-14(2,3)4/h5-8,10,16H,9H2,1-4H3,(H,17,18). The Morgan fingerprint density at radius 1 is 1.28 bits per heavy atom. The molecule has 0 spiro atoms. The summed E-state index contributed by atoms with van der Waals surface area (Å²) < 4.78 is 12.8. The fraction of sp³-hybridized carbons (Fsp3) is 0.500. The number of benzene rings is 1. The summed E-state index contributed by atoms with van der Waals surface area (Å²) >= 11 is 0. The molecule has 0 saturated carbocycles. The Bertz CT molecular complexity index is 395. The van der Waals surface area contributed by atoms with Gasteiger partial charge in [0.2, 0.25) is 5.91 Å². The summed E-state index contributed by atoms with van der Waals surface area (Å²) in [6.07, 6.45) is 0. The molecule has 2 N–H and O–H groups in total. The monoisotopic (exact) mass is 252 g/mol. The van der Waals surface area contributed by atoms with Crippen LogP contribution < -0.4 is 10.6 Å². The highest BCUT2D eigenvalue weighted by Gasteiger charge is 2.13. The molecule has 1 rings (SSSR count). The fourth-order valence-electron chi connectivity index (χ4n) is 1.47. The summed E-state index contributed by atoms with van der Waals surface area (Å²) in [4.78, 5) is 11.7. The molecule has 0 aliphatic carbocycles. The Hall–Kier alpha value is -1.42. The third-order valence-corrected chi connectivity index (χ3v) is 2.53. The molecule has 1 aromatic rings. The van der Waals surface area contributed by atoms with Crippen LogP contribution in [0.2, 0.25) is 0 Å². The van der Waals surface area contributed by atoms with Crippen LogP contribution in [0.5, 0.6) is 0 Å². The maximum atomic E-state index is 12.8. The van der Waals surface area contributed by atoms with Crippen molar-refractivity contribution < 1.29 is 9.18 Å². The molecule has 0 aliphatic rings. The predicted octanol–water partition coefficient (Wildman–Crippen LogP) is 2.39. The Morgan fingerprint density at radius 2 is 1.83 bits per heavy atom. The molecule has 1 unspecified atom stereocenters. The lowest BCUT2D eigenvalue weighted by Gasteiger charge is -2.21. The Kier molecular flexibility index (Phi) is 4.84. The second-order valence-electron chi connectivity index (χ2n) is 5.44. The van der Waals surface area contributed by atoms with E-state index in [4.69, 9.17) is 0 Å². The summed E-state index contributed by atoms with van der Waals surface area (Å²) in [5.41, 5.74) is 0.803. The third kappa shape index (κ3) is 5.27. The summed E-state index contributed by atoms with van der Waals surface area (Å²) in [5, 5.41) is 5.98. The number of hydrogen-bond donors (Lipinski definition) is 2. The van der Waals surface area contributed by atoms with Gasteiger partial charge in [-0.25, -0.2) is 4.39 Å². The Balaban J connectivity index is 2.47. The molecule has 18 heavy (non-hydrogen) atoms. The molecule has 0 bridgehead atoms. The molecule has 0 saturated heterocycles. The van der Waals surface area contributed by atoms with E-state index in [1.54, 1.807) is 12.1 Å². The molecule has 0 fully saturated rings. The van der Waals surface area contributed by atoms with Crippen LogP contribution in [0.4, 0.5) is 4.39 Å². The van der Waals surface area contributed by atoms with Gasteiger partial charge in [0.15, 0.2) is 0 Å². The van der Waals surface area contributed by atoms with Crippen LogP contribution in [0.25, 0.3) is 0 Å². The summed E-state index contributed by atoms with van der Waals surface area (Å²) in [7, 11) is 0. The van der Waals surface area contributed by atoms with E-state index in [0.717, 1.165) is 5.56 Å². The first-order valence-corrected chi connectivity index (χ1v) is 6.08. The van der Waals surface area contributed by atoms with Gasteiger partial charge in [-0.2, -0.15) is 0 Å². The highest BCUT2D eigenvalue weighted by Crippen LogP contribution is 2.12. The molecule has 1 atom stereocenters. The predicted molar refractivity (Wildman–Crippen MR) is 70.7 cm³/mol. The van der Waals surface area contributed by atoms with Gasteiger partial charge in [-0.3, -0.25) is 4.79 Å². The summed E-state index contributed by atoms with van der Waals surface area (Å²) in [6, 6.07) is 6.02. The van der Waals surface area contributed by atoms with E-state index in [0.29, 0.717) is 0 Å². The minimum atomic E-state index is -0.272. The van der Waals surface area contributed by atoms with Gasteiger partial charge in [0.1, 0.15) is 5.82 Å². The first-order chi connectivity index (χ1) is 8.28. The number of hydrogen-bond acceptors (Lipinski definition) is 2. The van der Waals surface area contributed by atoms with Gasteiger partial charge in [-0.15, -0.1) is 0 Å². The van der Waals surface area contributed by atoms with Crippen LogP contribution >= 0.6 is 0 Å². The highest BCUT2D eigenvalue weighted by molar-refractivity contribution is 5.78. The smallest absolute Gasteiger partial charge is 0.234 e. The lowest BCUT2D eigenvalue weighted by molar-refractivity contribution is -0.121. The van der Waals surface area contributed by atoms with Crippen LogP contribution in [-0.2, 0) is 4.79 Å². The van der Waals surface area contributed by atoms with Gasteiger partial charge in [-0.1, -0.05) is 12.1 Å². The molecule has 0 heterocycles. The normalized spacial score (nSPS) is 13.2. The van der Waals surface area contributed by atoms with Gasteiger partial charge >= 0.3 is 0 Å². The van der Waals surface area contributed by atoms with Crippen molar-refractivity contribution >= 4 is 5.91 Å². The maximum Gasteiger partial charge on any atom is 0.234 e.